The van der Waals surface area contributed by atoms with Gasteiger partial charge in [-0.05, 0) is 50.6 Å². The molecule has 19 heavy (non-hydrogen) atoms. The van der Waals surface area contributed by atoms with Crippen molar-refractivity contribution in [3.63, 3.8) is 0 Å². The molecule has 2 rings (SSSR count). The number of halogens is 1. The Morgan fingerprint density at radius 2 is 2.26 bits per heavy atom. The van der Waals surface area contributed by atoms with Gasteiger partial charge >= 0.3 is 0 Å². The summed E-state index contributed by atoms with van der Waals surface area (Å²) in [5, 5.41) is 12.4. The van der Waals surface area contributed by atoms with Gasteiger partial charge in [-0.25, -0.2) is 4.39 Å². The number of hydrogen-bond acceptors (Lipinski definition) is 3. The lowest BCUT2D eigenvalue weighted by Crippen LogP contribution is -2.26. The minimum atomic E-state index is -0.361. The molecule has 0 amide bonds. The Bertz CT molecular complexity index is 467. The summed E-state index contributed by atoms with van der Waals surface area (Å²) in [5.41, 5.74) is 1.13. The van der Waals surface area contributed by atoms with Gasteiger partial charge < -0.3 is 10.2 Å². The van der Waals surface area contributed by atoms with Gasteiger partial charge in [0.2, 0.25) is 0 Å². The summed E-state index contributed by atoms with van der Waals surface area (Å²) in [6.45, 7) is 5.49. The van der Waals surface area contributed by atoms with E-state index < -0.39 is 0 Å². The van der Waals surface area contributed by atoms with Crippen LogP contribution in [0.15, 0.2) is 18.2 Å². The van der Waals surface area contributed by atoms with Gasteiger partial charge in [0, 0.05) is 12.6 Å². The molecule has 1 unspecified atom stereocenters. The second-order valence-corrected chi connectivity index (χ2v) is 5.01. The lowest BCUT2D eigenvalue weighted by atomic mass is 10.1. The van der Waals surface area contributed by atoms with Crippen LogP contribution in [-0.2, 0) is 0 Å². The molecule has 3 nitrogen and oxygen atoms in total. The lowest BCUT2D eigenvalue weighted by Gasteiger charge is -2.19. The summed E-state index contributed by atoms with van der Waals surface area (Å²) >= 11 is 0. The Labute approximate surface area is 114 Å². The van der Waals surface area contributed by atoms with E-state index in [9.17, 15) is 4.39 Å². The van der Waals surface area contributed by atoms with Crippen LogP contribution < -0.4 is 5.32 Å². The number of nitrogens with one attached hydrogen (secondary N) is 1. The van der Waals surface area contributed by atoms with E-state index in [1.165, 1.54) is 12.1 Å². The highest BCUT2D eigenvalue weighted by Crippen LogP contribution is 2.21. The van der Waals surface area contributed by atoms with Gasteiger partial charge in [-0.2, -0.15) is 5.26 Å². The number of nitrogens with zero attached hydrogens (tertiary/aromatic N) is 2. The average molecular weight is 261 g/mol. The monoisotopic (exact) mass is 261 g/mol. The molecular weight excluding hydrogens is 241 g/mol. The Hall–Kier alpha value is -1.60. The van der Waals surface area contributed by atoms with Gasteiger partial charge in [-0.1, -0.05) is 6.92 Å². The molecule has 1 aromatic rings. The number of benzene rings is 1. The maximum atomic E-state index is 13.1. The van der Waals surface area contributed by atoms with E-state index in [0.717, 1.165) is 44.6 Å². The quantitative estimate of drug-likeness (QED) is 0.909. The van der Waals surface area contributed by atoms with E-state index in [1.54, 1.807) is 6.07 Å². The highest BCUT2D eigenvalue weighted by atomic mass is 19.1. The molecule has 0 aliphatic carbocycles. The maximum Gasteiger partial charge on any atom is 0.124 e. The van der Waals surface area contributed by atoms with E-state index in [0.29, 0.717) is 11.6 Å². The maximum absolute atomic E-state index is 13.1. The second-order valence-electron chi connectivity index (χ2n) is 5.01. The molecule has 1 N–H and O–H groups in total. The molecule has 0 bridgehead atoms. The molecule has 1 aliphatic heterocycles. The molecule has 1 atom stereocenters. The van der Waals surface area contributed by atoms with E-state index in [1.807, 2.05) is 6.07 Å². The van der Waals surface area contributed by atoms with Crippen LogP contribution >= 0.6 is 0 Å². The average Bonchev–Trinajstić information content (AvgIpc) is 2.66. The molecular formula is C15H20FN3. The van der Waals surface area contributed by atoms with Crippen LogP contribution in [0.25, 0.3) is 0 Å². The Morgan fingerprint density at radius 3 is 3.00 bits per heavy atom. The number of likely N-dealkylation sites (tertiary alicyclic amines) is 1. The summed E-state index contributed by atoms with van der Waals surface area (Å²) in [6.07, 6.45) is 3.32. The fraction of sp³-hybridized carbons (Fsp3) is 0.533. The van der Waals surface area contributed by atoms with Crippen molar-refractivity contribution in [3.8, 4) is 6.07 Å². The first-order valence-electron chi connectivity index (χ1n) is 6.91. The van der Waals surface area contributed by atoms with Gasteiger partial charge in [0.15, 0.2) is 0 Å². The molecule has 0 saturated carbocycles. The molecule has 4 heteroatoms. The van der Waals surface area contributed by atoms with Crippen LogP contribution in [0.5, 0.6) is 0 Å². The molecule has 1 fully saturated rings. The second kappa shape index (κ2) is 6.53. The molecule has 0 radical (unpaired) electrons. The van der Waals surface area contributed by atoms with Crippen molar-refractivity contribution in [1.82, 2.24) is 4.90 Å². The third-order valence-corrected chi connectivity index (χ3v) is 3.73. The zero-order chi connectivity index (χ0) is 13.7. The first-order chi connectivity index (χ1) is 9.22. The molecule has 0 aromatic heterocycles. The van der Waals surface area contributed by atoms with Crippen molar-refractivity contribution < 1.29 is 4.39 Å². The highest BCUT2D eigenvalue weighted by Gasteiger charge is 2.16. The normalized spacial score (nSPS) is 20.6. The van der Waals surface area contributed by atoms with Crippen LogP contribution in [0.2, 0.25) is 0 Å². The largest absolute Gasteiger partial charge is 0.381 e. The van der Waals surface area contributed by atoms with Gasteiger partial charge in [0.1, 0.15) is 11.9 Å². The molecule has 1 aromatic carbocycles. The number of anilines is 1. The van der Waals surface area contributed by atoms with Crippen LogP contribution in [0.3, 0.4) is 0 Å². The van der Waals surface area contributed by atoms with Gasteiger partial charge in [0.25, 0.3) is 0 Å². The molecule has 102 valence electrons. The van der Waals surface area contributed by atoms with E-state index in [-0.39, 0.29) is 5.82 Å². The predicted molar refractivity (Wildman–Crippen MR) is 74.5 cm³/mol. The van der Waals surface area contributed by atoms with Crippen LogP contribution in [0, 0.1) is 17.1 Å². The highest BCUT2D eigenvalue weighted by molar-refractivity contribution is 5.57. The summed E-state index contributed by atoms with van der Waals surface area (Å²) in [4.78, 5) is 2.44. The topological polar surface area (TPSA) is 39.1 Å². The van der Waals surface area contributed by atoms with E-state index in [2.05, 4.69) is 17.1 Å². The zero-order valence-corrected chi connectivity index (χ0v) is 11.3. The summed E-state index contributed by atoms with van der Waals surface area (Å²) < 4.78 is 13.1. The fourth-order valence-electron chi connectivity index (χ4n) is 2.57. The SMILES string of the molecule is CCN1CCCC(Nc2ccc(F)cc2C#N)CC1. The summed E-state index contributed by atoms with van der Waals surface area (Å²) in [6, 6.07) is 6.77. The summed E-state index contributed by atoms with van der Waals surface area (Å²) in [7, 11) is 0. The van der Waals surface area contributed by atoms with Crippen LogP contribution in [0.4, 0.5) is 10.1 Å². The Morgan fingerprint density at radius 1 is 1.42 bits per heavy atom. The molecule has 1 heterocycles. The predicted octanol–water partition coefficient (Wildman–Crippen LogP) is 2.98. The molecule has 0 spiro atoms. The molecule has 1 saturated heterocycles. The van der Waals surface area contributed by atoms with Gasteiger partial charge in [-0.3, -0.25) is 0 Å². The third kappa shape index (κ3) is 3.68. The van der Waals surface area contributed by atoms with Crippen molar-refractivity contribution >= 4 is 5.69 Å². The molecule has 1 aliphatic rings. The zero-order valence-electron chi connectivity index (χ0n) is 11.3. The van der Waals surface area contributed by atoms with Crippen molar-refractivity contribution in [2.24, 2.45) is 0 Å². The van der Waals surface area contributed by atoms with Crippen LogP contribution in [0.1, 0.15) is 31.7 Å². The van der Waals surface area contributed by atoms with Gasteiger partial charge in [0.05, 0.1) is 11.3 Å². The van der Waals surface area contributed by atoms with Crippen molar-refractivity contribution in [2.45, 2.75) is 32.2 Å². The van der Waals surface area contributed by atoms with Crippen molar-refractivity contribution in [2.75, 3.05) is 25.0 Å². The van der Waals surface area contributed by atoms with Crippen molar-refractivity contribution in [1.29, 1.82) is 5.26 Å². The van der Waals surface area contributed by atoms with Crippen molar-refractivity contribution in [3.05, 3.63) is 29.6 Å². The lowest BCUT2D eigenvalue weighted by molar-refractivity contribution is 0.300. The minimum Gasteiger partial charge on any atom is -0.381 e. The Kier molecular flexibility index (Phi) is 4.75. The van der Waals surface area contributed by atoms with E-state index in [4.69, 9.17) is 5.26 Å². The number of hydrogen-bond donors (Lipinski definition) is 1. The summed E-state index contributed by atoms with van der Waals surface area (Å²) in [5.74, 6) is -0.361. The fourth-order valence-corrected chi connectivity index (χ4v) is 2.57. The third-order valence-electron chi connectivity index (χ3n) is 3.73. The Balaban J connectivity index is 2.03. The smallest absolute Gasteiger partial charge is 0.124 e. The minimum absolute atomic E-state index is 0.361. The first-order valence-corrected chi connectivity index (χ1v) is 6.91. The van der Waals surface area contributed by atoms with Gasteiger partial charge in [-0.15, -0.1) is 0 Å². The van der Waals surface area contributed by atoms with E-state index >= 15 is 0 Å². The number of nitriles is 1. The number of rotatable bonds is 3. The first kappa shape index (κ1) is 13.8. The van der Waals surface area contributed by atoms with Crippen LogP contribution in [-0.4, -0.2) is 30.6 Å². The standard InChI is InChI=1S/C15H20FN3/c1-2-19-8-3-4-14(7-9-19)18-15-6-5-13(16)10-12(15)11-17/h5-6,10,14,18H,2-4,7-9H2,1H3.